The molecule has 0 amide bonds. The fraction of sp³-hybridized carbons (Fsp3) is 0.500. The van der Waals surface area contributed by atoms with Crippen LogP contribution in [0, 0.1) is 0 Å². The molecule has 0 atom stereocenters. The van der Waals surface area contributed by atoms with Gasteiger partial charge in [0, 0.05) is 0 Å². The van der Waals surface area contributed by atoms with Crippen LogP contribution in [0.15, 0.2) is 4.52 Å². The summed E-state index contributed by atoms with van der Waals surface area (Å²) in [5.74, 6) is -0.921. The lowest BCUT2D eigenvalue weighted by molar-refractivity contribution is 0.0684. The number of carboxylic acids is 1. The predicted molar refractivity (Wildman–Crippen MR) is 44.1 cm³/mol. The Morgan fingerprint density at radius 2 is 2.23 bits per heavy atom. The Labute approximate surface area is 75.3 Å². The molecule has 0 aliphatic rings. The number of carboxylic acid groups (broad SMARTS) is 1. The van der Waals surface area contributed by atoms with Crippen molar-refractivity contribution in [3.63, 3.8) is 0 Å². The summed E-state index contributed by atoms with van der Waals surface area (Å²) >= 11 is 0. The number of methoxy groups -OCH3 is 1. The summed E-state index contributed by atoms with van der Waals surface area (Å²) in [4.78, 5) is 10.7. The van der Waals surface area contributed by atoms with Crippen LogP contribution in [0.1, 0.15) is 35.8 Å². The fourth-order valence-corrected chi connectivity index (χ4v) is 1.09. The Morgan fingerprint density at radius 3 is 2.62 bits per heavy atom. The van der Waals surface area contributed by atoms with Crippen molar-refractivity contribution >= 4 is 5.97 Å². The number of aromatic nitrogens is 1. The lowest BCUT2D eigenvalue weighted by Crippen LogP contribution is -2.03. The number of rotatable bonds is 3. The van der Waals surface area contributed by atoms with Crippen molar-refractivity contribution in [2.24, 2.45) is 0 Å². The van der Waals surface area contributed by atoms with Gasteiger partial charge in [-0.25, -0.2) is 4.79 Å². The number of ether oxygens (including phenoxy) is 1. The molecule has 1 aromatic heterocycles. The molecule has 5 nitrogen and oxygen atoms in total. The number of hydrogen-bond donors (Lipinski definition) is 1. The zero-order valence-corrected chi connectivity index (χ0v) is 7.70. The van der Waals surface area contributed by atoms with Gasteiger partial charge in [0.15, 0.2) is 5.69 Å². The highest BCUT2D eigenvalue weighted by atomic mass is 16.6. The Morgan fingerprint density at radius 1 is 1.62 bits per heavy atom. The first kappa shape index (κ1) is 9.57. The van der Waals surface area contributed by atoms with Gasteiger partial charge in [-0.2, -0.15) is 0 Å². The summed E-state index contributed by atoms with van der Waals surface area (Å²) < 4.78 is 9.56. The molecule has 72 valence electrons. The molecule has 0 aliphatic carbocycles. The Balaban J connectivity index is 3.22. The van der Waals surface area contributed by atoms with Crippen molar-refractivity contribution < 1.29 is 19.2 Å². The first-order chi connectivity index (χ1) is 6.07. The van der Waals surface area contributed by atoms with Crippen LogP contribution in [0.25, 0.3) is 0 Å². The minimum atomic E-state index is -1.10. The molecule has 13 heavy (non-hydrogen) atoms. The van der Waals surface area contributed by atoms with Crippen LogP contribution in [0.5, 0.6) is 5.95 Å². The van der Waals surface area contributed by atoms with Crippen LogP contribution in [0.3, 0.4) is 0 Å². The minimum Gasteiger partial charge on any atom is -0.476 e. The van der Waals surface area contributed by atoms with Crippen molar-refractivity contribution in [3.8, 4) is 5.95 Å². The van der Waals surface area contributed by atoms with Gasteiger partial charge in [0.2, 0.25) is 0 Å². The van der Waals surface area contributed by atoms with Crippen LogP contribution in [-0.4, -0.2) is 23.3 Å². The number of hydrogen-bond acceptors (Lipinski definition) is 4. The van der Waals surface area contributed by atoms with Crippen molar-refractivity contribution in [3.05, 3.63) is 11.3 Å². The molecule has 0 aliphatic heterocycles. The van der Waals surface area contributed by atoms with Crippen molar-refractivity contribution in [1.82, 2.24) is 5.16 Å². The van der Waals surface area contributed by atoms with Gasteiger partial charge in [0.05, 0.1) is 12.7 Å². The number of carbonyl (C=O) groups is 1. The second kappa shape index (κ2) is 3.47. The maximum atomic E-state index is 10.7. The first-order valence-corrected chi connectivity index (χ1v) is 3.84. The molecule has 5 heteroatoms. The Bertz CT molecular complexity index is 316. The molecular formula is C8H11NO4. The zero-order chi connectivity index (χ0) is 10.0. The Hall–Kier alpha value is -1.52. The summed E-state index contributed by atoms with van der Waals surface area (Å²) in [5.41, 5.74) is 0.418. The van der Waals surface area contributed by atoms with Crippen LogP contribution in [-0.2, 0) is 0 Å². The maximum absolute atomic E-state index is 10.7. The minimum absolute atomic E-state index is 0.00676. The van der Waals surface area contributed by atoms with Crippen molar-refractivity contribution in [2.45, 2.75) is 19.8 Å². The summed E-state index contributed by atoms with van der Waals surface area (Å²) in [6.07, 6.45) is 0. The number of nitrogens with zero attached hydrogens (tertiary/aromatic N) is 1. The lowest BCUT2D eigenvalue weighted by Gasteiger charge is -2.02. The topological polar surface area (TPSA) is 72.6 Å². The van der Waals surface area contributed by atoms with Gasteiger partial charge in [-0.1, -0.05) is 19.0 Å². The number of aromatic carboxylic acids is 1. The third-order valence-corrected chi connectivity index (χ3v) is 1.66. The van der Waals surface area contributed by atoms with Crippen LogP contribution >= 0.6 is 0 Å². The standard InChI is InChI=1S/C8H11NO4/c1-4(2)5-6(7(10)11)9-13-8(5)12-3/h4H,1-3H3,(H,10,11). The fourth-order valence-electron chi connectivity index (χ4n) is 1.09. The SMILES string of the molecule is COc1onc(C(=O)O)c1C(C)C. The van der Waals surface area contributed by atoms with Crippen molar-refractivity contribution in [1.29, 1.82) is 0 Å². The summed E-state index contributed by atoms with van der Waals surface area (Å²) in [7, 11) is 1.41. The van der Waals surface area contributed by atoms with Gasteiger partial charge in [-0.15, -0.1) is 0 Å². The summed E-state index contributed by atoms with van der Waals surface area (Å²) in [6.45, 7) is 3.70. The van der Waals surface area contributed by atoms with Crippen LogP contribution in [0.2, 0.25) is 0 Å². The van der Waals surface area contributed by atoms with Gasteiger partial charge < -0.3 is 14.4 Å². The van der Waals surface area contributed by atoms with E-state index in [1.807, 2.05) is 13.8 Å². The quantitative estimate of drug-likeness (QED) is 0.772. The van der Waals surface area contributed by atoms with Crippen molar-refractivity contribution in [2.75, 3.05) is 7.11 Å². The normalized spacial score (nSPS) is 10.5. The lowest BCUT2D eigenvalue weighted by atomic mass is 10.0. The van der Waals surface area contributed by atoms with Gasteiger partial charge in [0.1, 0.15) is 0 Å². The van der Waals surface area contributed by atoms with E-state index in [4.69, 9.17) is 14.4 Å². The molecule has 1 rings (SSSR count). The molecule has 0 saturated heterocycles. The highest BCUT2D eigenvalue weighted by Gasteiger charge is 2.24. The smallest absolute Gasteiger partial charge is 0.358 e. The molecule has 1 aromatic rings. The molecule has 0 fully saturated rings. The zero-order valence-electron chi connectivity index (χ0n) is 7.70. The second-order valence-corrected chi connectivity index (χ2v) is 2.90. The van der Waals surface area contributed by atoms with E-state index in [1.165, 1.54) is 7.11 Å². The van der Waals surface area contributed by atoms with E-state index < -0.39 is 5.97 Å². The van der Waals surface area contributed by atoms with E-state index in [0.29, 0.717) is 5.56 Å². The molecule has 0 unspecified atom stereocenters. The van der Waals surface area contributed by atoms with E-state index in [9.17, 15) is 4.79 Å². The largest absolute Gasteiger partial charge is 0.476 e. The summed E-state index contributed by atoms with van der Waals surface area (Å²) in [6, 6.07) is 0. The molecule has 1 heterocycles. The van der Waals surface area contributed by atoms with E-state index in [-0.39, 0.29) is 17.6 Å². The van der Waals surface area contributed by atoms with Gasteiger partial charge >= 0.3 is 11.9 Å². The average molecular weight is 185 g/mol. The van der Waals surface area contributed by atoms with Gasteiger partial charge in [-0.3, -0.25) is 0 Å². The molecule has 0 radical (unpaired) electrons. The van der Waals surface area contributed by atoms with Gasteiger partial charge in [-0.05, 0) is 5.92 Å². The average Bonchev–Trinajstić information content (AvgIpc) is 2.46. The molecule has 0 bridgehead atoms. The van der Waals surface area contributed by atoms with E-state index in [1.54, 1.807) is 0 Å². The Kier molecular flexibility index (Phi) is 2.55. The first-order valence-electron chi connectivity index (χ1n) is 3.84. The molecule has 1 N–H and O–H groups in total. The molecule has 0 aromatic carbocycles. The molecule has 0 spiro atoms. The van der Waals surface area contributed by atoms with Crippen LogP contribution < -0.4 is 4.74 Å². The van der Waals surface area contributed by atoms with E-state index in [0.717, 1.165) is 0 Å². The van der Waals surface area contributed by atoms with E-state index in [2.05, 4.69) is 5.16 Å². The highest BCUT2D eigenvalue weighted by molar-refractivity contribution is 5.87. The third kappa shape index (κ3) is 1.63. The van der Waals surface area contributed by atoms with Crippen LogP contribution in [0.4, 0.5) is 0 Å². The third-order valence-electron chi connectivity index (χ3n) is 1.66. The second-order valence-electron chi connectivity index (χ2n) is 2.90. The highest BCUT2D eigenvalue weighted by Crippen LogP contribution is 2.29. The maximum Gasteiger partial charge on any atom is 0.358 e. The van der Waals surface area contributed by atoms with Gasteiger partial charge in [0.25, 0.3) is 0 Å². The monoisotopic (exact) mass is 185 g/mol. The summed E-state index contributed by atoms with van der Waals surface area (Å²) in [5, 5.41) is 12.2. The van der Waals surface area contributed by atoms with E-state index >= 15 is 0 Å². The predicted octanol–water partition coefficient (Wildman–Crippen LogP) is 1.50. The molecule has 0 saturated carbocycles. The molecular weight excluding hydrogens is 174 g/mol.